The van der Waals surface area contributed by atoms with Crippen LogP contribution in [0.3, 0.4) is 0 Å². The van der Waals surface area contributed by atoms with E-state index in [1.807, 2.05) is 6.92 Å². The molecule has 1 aromatic carbocycles. The molecule has 1 atom stereocenters. The van der Waals surface area contributed by atoms with Gasteiger partial charge in [0.2, 0.25) is 5.91 Å². The van der Waals surface area contributed by atoms with Crippen molar-refractivity contribution in [2.45, 2.75) is 12.3 Å². The van der Waals surface area contributed by atoms with Gasteiger partial charge in [0.15, 0.2) is 15.2 Å². The van der Waals surface area contributed by atoms with Crippen LogP contribution in [0.1, 0.15) is 16.6 Å². The quantitative estimate of drug-likeness (QED) is 0.802. The maximum Gasteiger partial charge on any atom is 0.243 e. The molecule has 0 N–H and O–H groups in total. The highest BCUT2D eigenvalue weighted by Gasteiger charge is 2.46. The average molecular weight is 381 g/mol. The number of aryl methyl sites for hydroxylation is 1. The summed E-state index contributed by atoms with van der Waals surface area (Å²) >= 11 is 3.40. The van der Waals surface area contributed by atoms with Crippen molar-refractivity contribution in [3.63, 3.8) is 0 Å². The van der Waals surface area contributed by atoms with Gasteiger partial charge < -0.3 is 0 Å². The summed E-state index contributed by atoms with van der Waals surface area (Å²) in [6, 6.07) is 10.4. The smallest absolute Gasteiger partial charge is 0.243 e. The van der Waals surface area contributed by atoms with Gasteiger partial charge in [-0.15, -0.1) is 0 Å². The van der Waals surface area contributed by atoms with Crippen LogP contribution in [0.5, 0.6) is 0 Å². The van der Waals surface area contributed by atoms with Crippen LogP contribution in [0.4, 0.5) is 5.69 Å². The minimum Gasteiger partial charge on any atom is -0.288 e. The Bertz CT molecular complexity index is 837. The highest BCUT2D eigenvalue weighted by atomic mass is 79.9. The van der Waals surface area contributed by atoms with Crippen molar-refractivity contribution >= 4 is 37.4 Å². The van der Waals surface area contributed by atoms with Crippen LogP contribution in [-0.4, -0.2) is 25.1 Å². The lowest BCUT2D eigenvalue weighted by Crippen LogP contribution is -2.29. The van der Waals surface area contributed by atoms with Crippen molar-refractivity contribution in [2.75, 3.05) is 10.7 Å². The zero-order valence-corrected chi connectivity index (χ0v) is 14.1. The van der Waals surface area contributed by atoms with Crippen LogP contribution in [-0.2, 0) is 14.6 Å². The SMILES string of the molecule is Cc1cc(N2C(=O)CS(=O)(=O)C2c2ccccn2)ccc1Br. The molecule has 7 heteroatoms. The van der Waals surface area contributed by atoms with E-state index in [1.54, 1.807) is 36.4 Å². The number of nitrogens with zero attached hydrogens (tertiary/aromatic N) is 2. The third kappa shape index (κ3) is 2.55. The first kappa shape index (κ1) is 15.2. The summed E-state index contributed by atoms with van der Waals surface area (Å²) in [6.45, 7) is 1.89. The van der Waals surface area contributed by atoms with Crippen molar-refractivity contribution in [3.05, 3.63) is 58.3 Å². The largest absolute Gasteiger partial charge is 0.288 e. The summed E-state index contributed by atoms with van der Waals surface area (Å²) in [5, 5.41) is -1.07. The van der Waals surface area contributed by atoms with Crippen LogP contribution in [0.2, 0.25) is 0 Å². The van der Waals surface area contributed by atoms with Crippen molar-refractivity contribution in [2.24, 2.45) is 0 Å². The number of carbonyl (C=O) groups is 1. The summed E-state index contributed by atoms with van der Waals surface area (Å²) in [4.78, 5) is 17.7. The van der Waals surface area contributed by atoms with E-state index in [0.717, 1.165) is 10.0 Å². The van der Waals surface area contributed by atoms with Gasteiger partial charge in [-0.3, -0.25) is 14.7 Å². The number of aromatic nitrogens is 1. The summed E-state index contributed by atoms with van der Waals surface area (Å²) in [7, 11) is -3.61. The van der Waals surface area contributed by atoms with Crippen LogP contribution in [0.15, 0.2) is 47.1 Å². The second-order valence-electron chi connectivity index (χ2n) is 5.11. The van der Waals surface area contributed by atoms with E-state index in [-0.39, 0.29) is 0 Å². The predicted molar refractivity (Wildman–Crippen MR) is 87.1 cm³/mol. The number of hydrogen-bond acceptors (Lipinski definition) is 4. The predicted octanol–water partition coefficient (Wildman–Crippen LogP) is 2.61. The number of hydrogen-bond donors (Lipinski definition) is 0. The zero-order valence-electron chi connectivity index (χ0n) is 11.7. The van der Waals surface area contributed by atoms with E-state index >= 15 is 0 Å². The standard InChI is InChI=1S/C15H13BrN2O3S/c1-10-8-11(5-6-12(10)16)18-14(19)9-22(20,21)15(18)13-4-2-3-7-17-13/h2-8,15H,9H2,1H3. The summed E-state index contributed by atoms with van der Waals surface area (Å²) < 4.78 is 25.7. The Kier molecular flexibility index (Phi) is 3.78. The highest BCUT2D eigenvalue weighted by Crippen LogP contribution is 2.37. The van der Waals surface area contributed by atoms with Gasteiger partial charge in [0, 0.05) is 16.4 Å². The number of carbonyl (C=O) groups excluding carboxylic acids is 1. The number of rotatable bonds is 2. The third-order valence-corrected chi connectivity index (χ3v) is 6.20. The van der Waals surface area contributed by atoms with Crippen molar-refractivity contribution < 1.29 is 13.2 Å². The van der Waals surface area contributed by atoms with Crippen LogP contribution in [0, 0.1) is 6.92 Å². The second kappa shape index (κ2) is 5.48. The fourth-order valence-electron chi connectivity index (χ4n) is 2.51. The zero-order chi connectivity index (χ0) is 15.9. The number of benzene rings is 1. The second-order valence-corrected chi connectivity index (χ2v) is 8.03. The fourth-order valence-corrected chi connectivity index (χ4v) is 4.46. The minimum absolute atomic E-state index is 0.355. The maximum absolute atomic E-state index is 12.4. The van der Waals surface area contributed by atoms with Crippen molar-refractivity contribution in [1.82, 2.24) is 4.98 Å². The van der Waals surface area contributed by atoms with Crippen LogP contribution in [0.25, 0.3) is 0 Å². The first-order chi connectivity index (χ1) is 10.4. The van der Waals surface area contributed by atoms with Crippen molar-refractivity contribution in [3.8, 4) is 0 Å². The van der Waals surface area contributed by atoms with Gasteiger partial charge in [0.25, 0.3) is 0 Å². The lowest BCUT2D eigenvalue weighted by Gasteiger charge is -2.23. The molecular weight excluding hydrogens is 368 g/mol. The van der Waals surface area contributed by atoms with Crippen LogP contribution >= 0.6 is 15.9 Å². The number of amides is 1. The van der Waals surface area contributed by atoms with E-state index in [2.05, 4.69) is 20.9 Å². The van der Waals surface area contributed by atoms with Gasteiger partial charge >= 0.3 is 0 Å². The molecule has 1 unspecified atom stereocenters. The van der Waals surface area contributed by atoms with Gasteiger partial charge in [-0.05, 0) is 42.8 Å². The molecule has 3 rings (SSSR count). The molecule has 2 heterocycles. The number of halogens is 1. The molecule has 0 radical (unpaired) electrons. The first-order valence-electron chi connectivity index (χ1n) is 6.61. The Balaban J connectivity index is 2.15. The molecule has 0 saturated carbocycles. The van der Waals surface area contributed by atoms with Gasteiger partial charge in [0.1, 0.15) is 5.75 Å². The minimum atomic E-state index is -3.61. The third-order valence-electron chi connectivity index (χ3n) is 3.53. The van der Waals surface area contributed by atoms with Gasteiger partial charge in [-0.1, -0.05) is 22.0 Å². The average Bonchev–Trinajstić information content (AvgIpc) is 2.72. The Morgan fingerprint density at radius 3 is 2.68 bits per heavy atom. The first-order valence-corrected chi connectivity index (χ1v) is 9.12. The van der Waals surface area contributed by atoms with E-state index in [1.165, 1.54) is 11.1 Å². The summed E-state index contributed by atoms with van der Waals surface area (Å²) in [6.07, 6.45) is 1.53. The molecule has 0 aliphatic carbocycles. The van der Waals surface area contributed by atoms with E-state index in [9.17, 15) is 13.2 Å². The highest BCUT2D eigenvalue weighted by molar-refractivity contribution is 9.10. The summed E-state index contributed by atoms with van der Waals surface area (Å²) in [5.74, 6) is -0.930. The van der Waals surface area contributed by atoms with E-state index < -0.39 is 26.9 Å². The van der Waals surface area contributed by atoms with E-state index in [4.69, 9.17) is 0 Å². The molecule has 1 aliphatic heterocycles. The molecule has 5 nitrogen and oxygen atoms in total. The van der Waals surface area contributed by atoms with Crippen molar-refractivity contribution in [1.29, 1.82) is 0 Å². The topological polar surface area (TPSA) is 67.3 Å². The molecule has 1 saturated heterocycles. The molecule has 1 amide bonds. The van der Waals surface area contributed by atoms with Gasteiger partial charge in [-0.25, -0.2) is 8.42 Å². The number of pyridine rings is 1. The Labute approximate surface area is 137 Å². The Hall–Kier alpha value is -1.73. The lowest BCUT2D eigenvalue weighted by molar-refractivity contribution is -0.115. The summed E-state index contributed by atoms with van der Waals surface area (Å²) in [5.41, 5.74) is 1.84. The molecule has 2 aromatic rings. The molecule has 1 fully saturated rings. The number of sulfone groups is 1. The van der Waals surface area contributed by atoms with Gasteiger partial charge in [-0.2, -0.15) is 0 Å². The van der Waals surface area contributed by atoms with Gasteiger partial charge in [0.05, 0.1) is 5.69 Å². The maximum atomic E-state index is 12.4. The molecular formula is C15H13BrN2O3S. The molecule has 0 bridgehead atoms. The fraction of sp³-hybridized carbons (Fsp3) is 0.200. The molecule has 22 heavy (non-hydrogen) atoms. The molecule has 114 valence electrons. The Morgan fingerprint density at radius 2 is 2.05 bits per heavy atom. The lowest BCUT2D eigenvalue weighted by atomic mass is 10.2. The Morgan fingerprint density at radius 1 is 1.27 bits per heavy atom. The monoisotopic (exact) mass is 380 g/mol. The normalized spacial score (nSPS) is 20.4. The molecule has 1 aliphatic rings. The van der Waals surface area contributed by atoms with Crippen LogP contribution < -0.4 is 4.90 Å². The van der Waals surface area contributed by atoms with E-state index in [0.29, 0.717) is 11.4 Å². The number of anilines is 1. The molecule has 1 aromatic heterocycles. The molecule has 0 spiro atoms.